The second-order valence-electron chi connectivity index (χ2n) is 4.64. The number of thioether (sulfide) groups is 1. The van der Waals surface area contributed by atoms with Crippen molar-refractivity contribution in [2.24, 2.45) is 4.99 Å². The quantitative estimate of drug-likeness (QED) is 0.762. The molecule has 0 radical (unpaired) electrons. The SMILES string of the molecule is CSCC[C@@H](N=C1NS(=O)(=O)c2ccccc21)C(=O)OCC#N. The Balaban J connectivity index is 2.33. The monoisotopic (exact) mass is 353 g/mol. The van der Waals surface area contributed by atoms with Gasteiger partial charge in [0.2, 0.25) is 0 Å². The third-order valence-electron chi connectivity index (χ3n) is 3.09. The molecule has 2 rings (SSSR count). The second-order valence-corrected chi connectivity index (χ2v) is 7.28. The zero-order valence-corrected chi connectivity index (χ0v) is 14.0. The molecule has 1 N–H and O–H groups in total. The van der Waals surface area contributed by atoms with Crippen molar-refractivity contribution in [2.75, 3.05) is 18.6 Å². The molecular weight excluding hydrogens is 338 g/mol. The highest BCUT2D eigenvalue weighted by Gasteiger charge is 2.32. The molecule has 7 nitrogen and oxygen atoms in total. The van der Waals surface area contributed by atoms with Crippen LogP contribution in [0.25, 0.3) is 0 Å². The summed E-state index contributed by atoms with van der Waals surface area (Å²) in [5, 5.41) is 8.50. The van der Waals surface area contributed by atoms with Gasteiger partial charge in [-0.25, -0.2) is 13.2 Å². The van der Waals surface area contributed by atoms with E-state index in [1.54, 1.807) is 24.3 Å². The molecule has 0 spiro atoms. The van der Waals surface area contributed by atoms with Gasteiger partial charge in [0, 0.05) is 5.56 Å². The number of aliphatic imine (C=N–C) groups is 1. The first-order chi connectivity index (χ1) is 11.0. The third-order valence-corrected chi connectivity index (χ3v) is 5.14. The molecule has 1 heterocycles. The fraction of sp³-hybridized carbons (Fsp3) is 0.357. The van der Waals surface area contributed by atoms with Crippen molar-refractivity contribution in [2.45, 2.75) is 17.4 Å². The molecule has 0 aromatic heterocycles. The van der Waals surface area contributed by atoms with E-state index in [1.807, 2.05) is 6.26 Å². The topological polar surface area (TPSA) is 109 Å². The molecule has 0 saturated heterocycles. The maximum Gasteiger partial charge on any atom is 0.332 e. The molecule has 23 heavy (non-hydrogen) atoms. The number of hydrogen-bond acceptors (Lipinski definition) is 7. The van der Waals surface area contributed by atoms with Gasteiger partial charge in [-0.2, -0.15) is 17.0 Å². The van der Waals surface area contributed by atoms with Gasteiger partial charge in [-0.1, -0.05) is 12.1 Å². The van der Waals surface area contributed by atoms with E-state index in [0.717, 1.165) is 0 Å². The van der Waals surface area contributed by atoms with Crippen LogP contribution < -0.4 is 4.72 Å². The Morgan fingerprint density at radius 2 is 2.22 bits per heavy atom. The standard InChI is InChI=1S/C14H15N3O4S2/c1-22-9-6-11(14(18)21-8-7-15)16-13-10-4-2-3-5-12(10)23(19,20)17-13/h2-5,11H,6,8-9H2,1H3,(H,16,17)/t11-/m1/s1. The smallest absolute Gasteiger partial charge is 0.332 e. The van der Waals surface area contributed by atoms with E-state index in [2.05, 4.69) is 9.71 Å². The molecule has 122 valence electrons. The van der Waals surface area contributed by atoms with Gasteiger partial charge >= 0.3 is 5.97 Å². The van der Waals surface area contributed by atoms with Crippen molar-refractivity contribution < 1.29 is 17.9 Å². The fourth-order valence-electron chi connectivity index (χ4n) is 2.05. The molecule has 1 aromatic rings. The molecule has 9 heteroatoms. The van der Waals surface area contributed by atoms with Crippen molar-refractivity contribution in [1.29, 1.82) is 5.26 Å². The van der Waals surface area contributed by atoms with Crippen LogP contribution in [0.1, 0.15) is 12.0 Å². The van der Waals surface area contributed by atoms with Crippen LogP contribution in [0.4, 0.5) is 0 Å². The largest absolute Gasteiger partial charge is 0.449 e. The number of hydrogen-bond donors (Lipinski definition) is 1. The number of esters is 1. The van der Waals surface area contributed by atoms with Crippen molar-refractivity contribution in [1.82, 2.24) is 4.72 Å². The van der Waals surface area contributed by atoms with Crippen LogP contribution in [0.3, 0.4) is 0 Å². The number of fused-ring (bicyclic) bond motifs is 1. The van der Waals surface area contributed by atoms with E-state index in [1.165, 1.54) is 17.8 Å². The Kier molecular flexibility index (Phi) is 5.63. The van der Waals surface area contributed by atoms with E-state index >= 15 is 0 Å². The molecule has 0 unspecified atom stereocenters. The second kappa shape index (κ2) is 7.48. The number of nitriles is 1. The molecule has 1 aliphatic rings. The molecule has 0 aliphatic carbocycles. The predicted octanol–water partition coefficient (Wildman–Crippen LogP) is 0.914. The van der Waals surface area contributed by atoms with Crippen molar-refractivity contribution in [3.05, 3.63) is 29.8 Å². The van der Waals surface area contributed by atoms with Crippen LogP contribution in [0.5, 0.6) is 0 Å². The van der Waals surface area contributed by atoms with Gasteiger partial charge in [0.05, 0.1) is 4.90 Å². The lowest BCUT2D eigenvalue weighted by atomic mass is 10.2. The summed E-state index contributed by atoms with van der Waals surface area (Å²) in [7, 11) is -3.65. The maximum absolute atomic E-state index is 12.0. The van der Waals surface area contributed by atoms with Gasteiger partial charge in [0.1, 0.15) is 11.9 Å². The lowest BCUT2D eigenvalue weighted by molar-refractivity contribution is -0.143. The maximum atomic E-state index is 12.0. The van der Waals surface area contributed by atoms with Gasteiger partial charge in [0.25, 0.3) is 10.0 Å². The molecular formula is C14H15N3O4S2. The summed E-state index contributed by atoms with van der Waals surface area (Å²) in [5.41, 5.74) is 0.426. The summed E-state index contributed by atoms with van der Waals surface area (Å²) in [6.45, 7) is -0.359. The molecule has 1 atom stereocenters. The number of carbonyl (C=O) groups is 1. The summed E-state index contributed by atoms with van der Waals surface area (Å²) in [4.78, 5) is 16.4. The number of nitrogens with zero attached hydrogens (tertiary/aromatic N) is 2. The normalized spacial score (nSPS) is 17.8. The Bertz CT molecular complexity index is 768. The van der Waals surface area contributed by atoms with Gasteiger partial charge in [-0.3, -0.25) is 9.71 Å². The van der Waals surface area contributed by atoms with Gasteiger partial charge in [0.15, 0.2) is 12.6 Å². The number of benzene rings is 1. The highest BCUT2D eigenvalue weighted by atomic mass is 32.2. The lowest BCUT2D eigenvalue weighted by Crippen LogP contribution is -2.28. The molecule has 0 fully saturated rings. The summed E-state index contributed by atoms with van der Waals surface area (Å²) < 4.78 is 31.3. The Morgan fingerprint density at radius 1 is 1.48 bits per heavy atom. The average molecular weight is 353 g/mol. The van der Waals surface area contributed by atoms with Gasteiger partial charge in [-0.05, 0) is 30.6 Å². The number of nitrogens with one attached hydrogen (secondary N) is 1. The van der Waals surface area contributed by atoms with Gasteiger partial charge < -0.3 is 4.74 Å². The van der Waals surface area contributed by atoms with E-state index < -0.39 is 22.0 Å². The van der Waals surface area contributed by atoms with Crippen LogP contribution in [-0.2, 0) is 19.6 Å². The number of ether oxygens (including phenoxy) is 1. The highest BCUT2D eigenvalue weighted by Crippen LogP contribution is 2.23. The Labute approximate surface area is 138 Å². The van der Waals surface area contributed by atoms with Crippen molar-refractivity contribution >= 4 is 33.6 Å². The molecule has 1 aromatic carbocycles. The summed E-state index contributed by atoms with van der Waals surface area (Å²) >= 11 is 1.53. The highest BCUT2D eigenvalue weighted by molar-refractivity contribution is 7.98. The van der Waals surface area contributed by atoms with E-state index in [9.17, 15) is 13.2 Å². The molecule has 0 saturated carbocycles. The Hall–Kier alpha value is -2.05. The predicted molar refractivity (Wildman–Crippen MR) is 86.7 cm³/mol. The minimum atomic E-state index is -3.65. The van der Waals surface area contributed by atoms with Crippen LogP contribution in [0.15, 0.2) is 34.2 Å². The third kappa shape index (κ3) is 4.03. The fourth-order valence-corrected chi connectivity index (χ4v) is 3.75. The zero-order chi connectivity index (χ0) is 16.9. The van der Waals surface area contributed by atoms with Crippen LogP contribution in [0, 0.1) is 11.3 Å². The van der Waals surface area contributed by atoms with Crippen molar-refractivity contribution in [3.63, 3.8) is 0 Å². The first kappa shape index (κ1) is 17.3. The lowest BCUT2D eigenvalue weighted by Gasteiger charge is -2.11. The van der Waals surface area contributed by atoms with Gasteiger partial charge in [-0.15, -0.1) is 0 Å². The van der Waals surface area contributed by atoms with E-state index in [0.29, 0.717) is 17.7 Å². The summed E-state index contributed by atoms with van der Waals surface area (Å²) in [6, 6.07) is 7.28. The first-order valence-electron chi connectivity index (χ1n) is 6.72. The summed E-state index contributed by atoms with van der Waals surface area (Å²) in [5.74, 6) is 0.134. The number of rotatable bonds is 6. The minimum absolute atomic E-state index is 0.126. The minimum Gasteiger partial charge on any atom is -0.449 e. The van der Waals surface area contributed by atoms with Crippen LogP contribution >= 0.6 is 11.8 Å². The van der Waals surface area contributed by atoms with E-state index in [4.69, 9.17) is 10.00 Å². The molecule has 0 bridgehead atoms. The number of sulfonamides is 1. The van der Waals surface area contributed by atoms with Crippen molar-refractivity contribution in [3.8, 4) is 6.07 Å². The number of amidine groups is 1. The summed E-state index contributed by atoms with van der Waals surface area (Å²) in [6.07, 6.45) is 2.28. The van der Waals surface area contributed by atoms with E-state index in [-0.39, 0.29) is 17.3 Å². The molecule has 1 aliphatic heterocycles. The first-order valence-corrected chi connectivity index (χ1v) is 9.60. The Morgan fingerprint density at radius 3 is 2.91 bits per heavy atom. The zero-order valence-electron chi connectivity index (χ0n) is 12.4. The molecule has 0 amide bonds. The van der Waals surface area contributed by atoms with Crippen LogP contribution in [0.2, 0.25) is 0 Å². The van der Waals surface area contributed by atoms with Crippen LogP contribution in [-0.4, -0.2) is 44.9 Å². The average Bonchev–Trinajstić information content (AvgIpc) is 2.80. The number of carbonyl (C=O) groups excluding carboxylic acids is 1.